The zero-order valence-corrected chi connectivity index (χ0v) is 16.5. The van der Waals surface area contributed by atoms with Crippen LogP contribution in [0, 0.1) is 5.92 Å². The molecule has 0 saturated carbocycles. The molecule has 2 N–H and O–H groups in total. The smallest absolute Gasteiger partial charge is 0.339 e. The lowest BCUT2D eigenvalue weighted by Gasteiger charge is -2.34. The predicted octanol–water partition coefficient (Wildman–Crippen LogP) is 2.68. The number of rotatable bonds is 5. The summed E-state index contributed by atoms with van der Waals surface area (Å²) in [5, 5.41) is 18.9. The Morgan fingerprint density at radius 2 is 1.73 bits per heavy atom. The van der Waals surface area contributed by atoms with E-state index in [0.29, 0.717) is 5.92 Å². The Hall–Kier alpha value is -3.19. The summed E-state index contributed by atoms with van der Waals surface area (Å²) in [6, 6.07) is 13.6. The highest BCUT2D eigenvalue weighted by Crippen LogP contribution is 2.31. The van der Waals surface area contributed by atoms with Gasteiger partial charge in [-0.1, -0.05) is 30.3 Å². The summed E-state index contributed by atoms with van der Waals surface area (Å²) in [4.78, 5) is 40.0. The van der Waals surface area contributed by atoms with Gasteiger partial charge in [-0.15, -0.1) is 0 Å². The number of benzene rings is 2. The van der Waals surface area contributed by atoms with Gasteiger partial charge in [0.2, 0.25) is 5.91 Å². The zero-order chi connectivity index (χ0) is 21.3. The molecule has 0 radical (unpaired) electrons. The van der Waals surface area contributed by atoms with Crippen LogP contribution in [0.4, 0.5) is 5.69 Å². The van der Waals surface area contributed by atoms with Gasteiger partial charge in [-0.05, 0) is 62.0 Å². The molecule has 7 heteroatoms. The number of amides is 2. The normalized spacial score (nSPS) is 20.7. The van der Waals surface area contributed by atoms with Crippen molar-refractivity contribution in [2.75, 3.05) is 18.0 Å². The average Bonchev–Trinajstić information content (AvgIpc) is 3.04. The van der Waals surface area contributed by atoms with Gasteiger partial charge in [-0.2, -0.15) is 0 Å². The van der Waals surface area contributed by atoms with Gasteiger partial charge in [0, 0.05) is 0 Å². The maximum absolute atomic E-state index is 13.0. The summed E-state index contributed by atoms with van der Waals surface area (Å²) in [7, 11) is 0. The molecule has 2 aliphatic heterocycles. The van der Waals surface area contributed by atoms with E-state index in [9.17, 15) is 24.6 Å². The highest BCUT2D eigenvalue weighted by atomic mass is 16.4. The van der Waals surface area contributed by atoms with Crippen molar-refractivity contribution in [1.82, 2.24) is 4.90 Å². The van der Waals surface area contributed by atoms with Crippen LogP contribution in [0.3, 0.4) is 0 Å². The quantitative estimate of drug-likeness (QED) is 0.738. The number of aromatic carboxylic acids is 1. The first kappa shape index (κ1) is 20.1. The highest BCUT2D eigenvalue weighted by molar-refractivity contribution is 6.22. The number of nitrogens with zero attached hydrogens (tertiary/aromatic N) is 2. The van der Waals surface area contributed by atoms with Crippen LogP contribution in [0.15, 0.2) is 48.5 Å². The number of likely N-dealkylation sites (tertiary alicyclic amines) is 1. The monoisotopic (exact) mass is 408 g/mol. The third kappa shape index (κ3) is 3.93. The van der Waals surface area contributed by atoms with Crippen LogP contribution in [0.5, 0.6) is 5.75 Å². The van der Waals surface area contributed by atoms with E-state index in [4.69, 9.17) is 0 Å². The van der Waals surface area contributed by atoms with E-state index in [1.807, 2.05) is 18.2 Å². The van der Waals surface area contributed by atoms with Crippen molar-refractivity contribution < 1.29 is 24.6 Å². The van der Waals surface area contributed by atoms with Gasteiger partial charge in [0.25, 0.3) is 5.91 Å². The molecule has 0 spiro atoms. The van der Waals surface area contributed by atoms with Crippen molar-refractivity contribution in [3.63, 3.8) is 0 Å². The first-order valence-corrected chi connectivity index (χ1v) is 10.1. The third-order valence-electron chi connectivity index (χ3n) is 6.05. The number of aromatic hydroxyl groups is 1. The van der Waals surface area contributed by atoms with Crippen LogP contribution < -0.4 is 4.90 Å². The largest absolute Gasteiger partial charge is 0.507 e. The summed E-state index contributed by atoms with van der Waals surface area (Å²) in [5.41, 5.74) is 1.16. The molecule has 0 aliphatic carbocycles. The molecular formula is C23H24N2O5. The van der Waals surface area contributed by atoms with Gasteiger partial charge in [-0.25, -0.2) is 9.69 Å². The van der Waals surface area contributed by atoms with Crippen LogP contribution in [0.2, 0.25) is 0 Å². The molecule has 2 aromatic rings. The minimum atomic E-state index is -1.31. The molecule has 1 atom stereocenters. The standard InChI is InChI=1S/C23H24N2O5/c26-20-7-6-17(13-18(20)23(29)30)25-21(27)14-19(22(25)28)24-10-8-16(9-11-24)12-15-4-2-1-3-5-15/h1-7,13,16,19,26H,8-12,14H2,(H,29,30). The van der Waals surface area contributed by atoms with Crippen LogP contribution >= 0.6 is 0 Å². The lowest BCUT2D eigenvalue weighted by Crippen LogP contribution is -2.46. The number of hydrogen-bond donors (Lipinski definition) is 2. The molecule has 156 valence electrons. The fraction of sp³-hybridized carbons (Fsp3) is 0.348. The first-order valence-electron chi connectivity index (χ1n) is 10.1. The van der Waals surface area contributed by atoms with Crippen molar-refractivity contribution in [3.05, 3.63) is 59.7 Å². The number of carbonyl (C=O) groups excluding carboxylic acids is 2. The molecule has 2 aliphatic rings. The van der Waals surface area contributed by atoms with Gasteiger partial charge in [0.1, 0.15) is 11.3 Å². The summed E-state index contributed by atoms with van der Waals surface area (Å²) in [5.74, 6) is -1.84. The van der Waals surface area contributed by atoms with Crippen LogP contribution in [0.25, 0.3) is 0 Å². The number of imide groups is 1. The number of phenols is 1. The van der Waals surface area contributed by atoms with E-state index >= 15 is 0 Å². The molecule has 2 saturated heterocycles. The second kappa shape index (κ2) is 8.28. The molecule has 2 fully saturated rings. The lowest BCUT2D eigenvalue weighted by molar-refractivity contribution is -0.123. The number of anilines is 1. The minimum absolute atomic E-state index is 0.0888. The molecule has 4 rings (SSSR count). The van der Waals surface area contributed by atoms with Crippen molar-refractivity contribution >= 4 is 23.5 Å². The molecule has 2 heterocycles. The van der Waals surface area contributed by atoms with Gasteiger partial charge in [0.05, 0.1) is 18.2 Å². The number of piperidine rings is 1. The minimum Gasteiger partial charge on any atom is -0.507 e. The lowest BCUT2D eigenvalue weighted by atomic mass is 9.89. The van der Waals surface area contributed by atoms with E-state index < -0.39 is 17.8 Å². The van der Waals surface area contributed by atoms with Crippen LogP contribution in [-0.4, -0.2) is 52.0 Å². The summed E-state index contributed by atoms with van der Waals surface area (Å²) in [6.07, 6.45) is 3.04. The maximum atomic E-state index is 13.0. The molecule has 30 heavy (non-hydrogen) atoms. The van der Waals surface area contributed by atoms with Crippen molar-refractivity contribution in [1.29, 1.82) is 0 Å². The third-order valence-corrected chi connectivity index (χ3v) is 6.05. The van der Waals surface area contributed by atoms with E-state index in [2.05, 4.69) is 17.0 Å². The Morgan fingerprint density at radius 3 is 2.40 bits per heavy atom. The Bertz CT molecular complexity index is 967. The fourth-order valence-electron chi connectivity index (χ4n) is 4.42. The molecule has 0 bridgehead atoms. The Kier molecular flexibility index (Phi) is 5.55. The molecule has 2 aromatic carbocycles. The van der Waals surface area contributed by atoms with E-state index in [0.717, 1.165) is 37.3 Å². The van der Waals surface area contributed by atoms with Crippen molar-refractivity contribution in [3.8, 4) is 5.75 Å². The Morgan fingerprint density at radius 1 is 1.03 bits per heavy atom. The molecule has 7 nitrogen and oxygen atoms in total. The zero-order valence-electron chi connectivity index (χ0n) is 16.5. The van der Waals surface area contributed by atoms with E-state index in [-0.39, 0.29) is 29.5 Å². The van der Waals surface area contributed by atoms with Crippen LogP contribution in [0.1, 0.15) is 35.2 Å². The number of carboxylic acid groups (broad SMARTS) is 1. The summed E-state index contributed by atoms with van der Waals surface area (Å²) in [6.45, 7) is 1.51. The van der Waals surface area contributed by atoms with Gasteiger partial charge in [-0.3, -0.25) is 14.5 Å². The SMILES string of the molecule is O=C(O)c1cc(N2C(=O)CC(N3CCC(Cc4ccccc4)CC3)C2=O)ccc1O. The Balaban J connectivity index is 1.42. The molecule has 0 aromatic heterocycles. The van der Waals surface area contributed by atoms with Gasteiger partial charge < -0.3 is 10.2 Å². The van der Waals surface area contributed by atoms with Gasteiger partial charge in [0.15, 0.2) is 0 Å². The average molecular weight is 408 g/mol. The number of hydrogen-bond acceptors (Lipinski definition) is 5. The fourth-order valence-corrected chi connectivity index (χ4v) is 4.42. The molecule has 1 unspecified atom stereocenters. The number of carbonyl (C=O) groups is 3. The van der Waals surface area contributed by atoms with Crippen LogP contribution in [-0.2, 0) is 16.0 Å². The maximum Gasteiger partial charge on any atom is 0.339 e. The van der Waals surface area contributed by atoms with Crippen molar-refractivity contribution in [2.45, 2.75) is 31.7 Å². The van der Waals surface area contributed by atoms with Gasteiger partial charge >= 0.3 is 5.97 Å². The molecule has 2 amide bonds. The number of carboxylic acids is 1. The topological polar surface area (TPSA) is 98.2 Å². The summed E-state index contributed by atoms with van der Waals surface area (Å²) < 4.78 is 0. The second-order valence-electron chi connectivity index (χ2n) is 7.96. The summed E-state index contributed by atoms with van der Waals surface area (Å²) >= 11 is 0. The first-order chi connectivity index (χ1) is 14.4. The van der Waals surface area contributed by atoms with E-state index in [1.165, 1.54) is 23.8 Å². The predicted molar refractivity (Wildman–Crippen MR) is 110 cm³/mol. The molecular weight excluding hydrogens is 384 g/mol. The van der Waals surface area contributed by atoms with Crippen molar-refractivity contribution in [2.24, 2.45) is 5.92 Å². The second-order valence-corrected chi connectivity index (χ2v) is 7.96. The Labute approximate surface area is 174 Å². The highest BCUT2D eigenvalue weighted by Gasteiger charge is 2.43. The van der Waals surface area contributed by atoms with E-state index in [1.54, 1.807) is 0 Å².